The van der Waals surface area contributed by atoms with Crippen molar-refractivity contribution in [2.24, 2.45) is 0 Å². The summed E-state index contributed by atoms with van der Waals surface area (Å²) in [6.07, 6.45) is 2.97. The predicted octanol–water partition coefficient (Wildman–Crippen LogP) is 1.44. The molecule has 0 aliphatic carbocycles. The van der Waals surface area contributed by atoms with Gasteiger partial charge in [0, 0.05) is 19.3 Å². The van der Waals surface area contributed by atoms with Crippen molar-refractivity contribution in [1.82, 2.24) is 9.97 Å². The van der Waals surface area contributed by atoms with Gasteiger partial charge in [-0.2, -0.15) is 4.98 Å². The molecule has 5 nitrogen and oxygen atoms in total. The van der Waals surface area contributed by atoms with E-state index in [-0.39, 0.29) is 6.10 Å². The monoisotopic (exact) mass is 286 g/mol. The Balaban J connectivity index is 2.19. The SMILES string of the molecule is CCC1CN(c2nc(N)ncc2Br)CCO1. The molecule has 1 unspecified atom stereocenters. The van der Waals surface area contributed by atoms with Crippen LogP contribution >= 0.6 is 15.9 Å². The van der Waals surface area contributed by atoms with Crippen LogP contribution in [0.1, 0.15) is 13.3 Å². The van der Waals surface area contributed by atoms with Crippen molar-refractivity contribution in [3.63, 3.8) is 0 Å². The zero-order valence-corrected chi connectivity index (χ0v) is 10.8. The van der Waals surface area contributed by atoms with E-state index in [0.717, 1.165) is 36.4 Å². The number of nitrogens with two attached hydrogens (primary N) is 1. The number of morpholine rings is 1. The molecule has 2 rings (SSSR count). The lowest BCUT2D eigenvalue weighted by Crippen LogP contribution is -2.42. The third-order valence-electron chi connectivity index (χ3n) is 2.64. The first-order valence-electron chi connectivity index (χ1n) is 5.35. The van der Waals surface area contributed by atoms with Crippen LogP contribution in [0.4, 0.5) is 11.8 Å². The van der Waals surface area contributed by atoms with E-state index in [9.17, 15) is 0 Å². The van der Waals surface area contributed by atoms with Crippen molar-refractivity contribution in [3.05, 3.63) is 10.7 Å². The fourth-order valence-corrected chi connectivity index (χ4v) is 2.19. The Labute approximate surface area is 103 Å². The van der Waals surface area contributed by atoms with Crippen LogP contribution in [0.2, 0.25) is 0 Å². The summed E-state index contributed by atoms with van der Waals surface area (Å²) >= 11 is 3.44. The summed E-state index contributed by atoms with van der Waals surface area (Å²) in [5.41, 5.74) is 5.60. The quantitative estimate of drug-likeness (QED) is 0.891. The van der Waals surface area contributed by atoms with Gasteiger partial charge in [0.2, 0.25) is 5.95 Å². The van der Waals surface area contributed by atoms with Gasteiger partial charge in [-0.05, 0) is 22.4 Å². The van der Waals surface area contributed by atoms with Gasteiger partial charge in [0.1, 0.15) is 5.82 Å². The van der Waals surface area contributed by atoms with Crippen molar-refractivity contribution in [3.8, 4) is 0 Å². The molecule has 0 aromatic carbocycles. The molecule has 1 saturated heterocycles. The van der Waals surface area contributed by atoms with Gasteiger partial charge in [0.15, 0.2) is 0 Å². The van der Waals surface area contributed by atoms with E-state index < -0.39 is 0 Å². The summed E-state index contributed by atoms with van der Waals surface area (Å²) in [7, 11) is 0. The van der Waals surface area contributed by atoms with E-state index in [0.29, 0.717) is 5.95 Å². The summed E-state index contributed by atoms with van der Waals surface area (Å²) in [5.74, 6) is 1.16. The van der Waals surface area contributed by atoms with E-state index in [2.05, 4.69) is 37.7 Å². The van der Waals surface area contributed by atoms with E-state index in [4.69, 9.17) is 10.5 Å². The Bertz CT molecular complexity index is 374. The molecule has 2 heterocycles. The molecule has 1 aliphatic heterocycles. The number of anilines is 2. The van der Waals surface area contributed by atoms with Crippen LogP contribution in [-0.4, -0.2) is 35.8 Å². The number of ether oxygens (including phenoxy) is 1. The van der Waals surface area contributed by atoms with Gasteiger partial charge >= 0.3 is 0 Å². The lowest BCUT2D eigenvalue weighted by molar-refractivity contribution is 0.0381. The van der Waals surface area contributed by atoms with Crippen molar-refractivity contribution in [2.45, 2.75) is 19.4 Å². The molecule has 16 heavy (non-hydrogen) atoms. The molecule has 0 spiro atoms. The molecular formula is C10H15BrN4O. The first-order chi connectivity index (χ1) is 7.70. The summed E-state index contributed by atoms with van der Waals surface area (Å²) in [6.45, 7) is 4.55. The Kier molecular flexibility index (Phi) is 3.60. The molecule has 1 aromatic rings. The first-order valence-corrected chi connectivity index (χ1v) is 6.14. The second-order valence-corrected chi connectivity index (χ2v) is 4.60. The van der Waals surface area contributed by atoms with Crippen molar-refractivity contribution >= 4 is 27.7 Å². The number of nitrogen functional groups attached to an aromatic ring is 1. The second-order valence-electron chi connectivity index (χ2n) is 3.75. The molecule has 88 valence electrons. The van der Waals surface area contributed by atoms with Crippen LogP contribution in [0.15, 0.2) is 10.7 Å². The summed E-state index contributed by atoms with van der Waals surface area (Å²) < 4.78 is 6.49. The normalized spacial score (nSPS) is 21.1. The third kappa shape index (κ3) is 2.44. The number of aromatic nitrogens is 2. The van der Waals surface area contributed by atoms with Gasteiger partial charge in [0.05, 0.1) is 17.2 Å². The molecule has 1 aromatic heterocycles. The topological polar surface area (TPSA) is 64.3 Å². The molecule has 0 amide bonds. The summed E-state index contributed by atoms with van der Waals surface area (Å²) in [4.78, 5) is 10.4. The van der Waals surface area contributed by atoms with Gasteiger partial charge in [-0.3, -0.25) is 0 Å². The van der Waals surface area contributed by atoms with Gasteiger partial charge in [-0.1, -0.05) is 6.92 Å². The molecule has 1 fully saturated rings. The van der Waals surface area contributed by atoms with Crippen molar-refractivity contribution in [1.29, 1.82) is 0 Å². The first kappa shape index (κ1) is 11.6. The van der Waals surface area contributed by atoms with Crippen LogP contribution in [0, 0.1) is 0 Å². The smallest absolute Gasteiger partial charge is 0.222 e. The molecule has 2 N–H and O–H groups in total. The number of hydrogen-bond acceptors (Lipinski definition) is 5. The highest BCUT2D eigenvalue weighted by Gasteiger charge is 2.21. The molecular weight excluding hydrogens is 272 g/mol. The van der Waals surface area contributed by atoms with Crippen LogP contribution in [-0.2, 0) is 4.74 Å². The standard InChI is InChI=1S/C10H15BrN4O/c1-2-7-6-15(3-4-16-7)9-8(11)5-13-10(12)14-9/h5,7H,2-4,6H2,1H3,(H2,12,13,14). The minimum atomic E-state index is 0.275. The molecule has 0 bridgehead atoms. The van der Waals surface area contributed by atoms with Crippen LogP contribution in [0.3, 0.4) is 0 Å². The van der Waals surface area contributed by atoms with E-state index in [1.165, 1.54) is 0 Å². The van der Waals surface area contributed by atoms with Gasteiger partial charge in [0.25, 0.3) is 0 Å². The highest BCUT2D eigenvalue weighted by molar-refractivity contribution is 9.10. The van der Waals surface area contributed by atoms with Crippen LogP contribution < -0.4 is 10.6 Å². The number of hydrogen-bond donors (Lipinski definition) is 1. The molecule has 0 saturated carbocycles. The molecule has 1 atom stereocenters. The fraction of sp³-hybridized carbons (Fsp3) is 0.600. The Morgan fingerprint density at radius 2 is 2.50 bits per heavy atom. The zero-order valence-electron chi connectivity index (χ0n) is 9.19. The highest BCUT2D eigenvalue weighted by Crippen LogP contribution is 2.25. The van der Waals surface area contributed by atoms with Crippen molar-refractivity contribution < 1.29 is 4.74 Å². The van der Waals surface area contributed by atoms with E-state index >= 15 is 0 Å². The van der Waals surface area contributed by atoms with E-state index in [1.54, 1.807) is 6.20 Å². The average molecular weight is 287 g/mol. The largest absolute Gasteiger partial charge is 0.375 e. The number of nitrogens with zero attached hydrogens (tertiary/aromatic N) is 3. The van der Waals surface area contributed by atoms with Crippen LogP contribution in [0.5, 0.6) is 0 Å². The summed E-state index contributed by atoms with van der Waals surface area (Å²) in [5, 5.41) is 0. The Morgan fingerprint density at radius 1 is 1.69 bits per heavy atom. The number of halogens is 1. The molecule has 1 aliphatic rings. The van der Waals surface area contributed by atoms with Gasteiger partial charge < -0.3 is 15.4 Å². The molecule has 0 radical (unpaired) electrons. The lowest BCUT2D eigenvalue weighted by Gasteiger charge is -2.33. The molecule has 6 heteroatoms. The van der Waals surface area contributed by atoms with Gasteiger partial charge in [-0.15, -0.1) is 0 Å². The van der Waals surface area contributed by atoms with Gasteiger partial charge in [-0.25, -0.2) is 4.98 Å². The summed E-state index contributed by atoms with van der Waals surface area (Å²) in [6, 6.07) is 0. The second kappa shape index (κ2) is 4.97. The van der Waals surface area contributed by atoms with Crippen LogP contribution in [0.25, 0.3) is 0 Å². The predicted molar refractivity (Wildman–Crippen MR) is 66.4 cm³/mol. The fourth-order valence-electron chi connectivity index (χ4n) is 1.75. The Hall–Kier alpha value is -0.880. The number of rotatable bonds is 2. The van der Waals surface area contributed by atoms with E-state index in [1.807, 2.05) is 0 Å². The maximum Gasteiger partial charge on any atom is 0.222 e. The lowest BCUT2D eigenvalue weighted by atomic mass is 10.2. The third-order valence-corrected chi connectivity index (χ3v) is 3.20. The zero-order chi connectivity index (χ0) is 11.5. The maximum absolute atomic E-state index is 5.62. The Morgan fingerprint density at radius 3 is 3.25 bits per heavy atom. The maximum atomic E-state index is 5.62. The van der Waals surface area contributed by atoms with Crippen molar-refractivity contribution in [2.75, 3.05) is 30.3 Å². The highest BCUT2D eigenvalue weighted by atomic mass is 79.9. The average Bonchev–Trinajstić information content (AvgIpc) is 2.32. The minimum absolute atomic E-state index is 0.275. The minimum Gasteiger partial charge on any atom is -0.375 e.